The van der Waals surface area contributed by atoms with Gasteiger partial charge in [-0.2, -0.15) is 10.2 Å². The van der Waals surface area contributed by atoms with E-state index in [0.717, 1.165) is 33.2 Å². The zero-order valence-corrected chi connectivity index (χ0v) is 15.2. The number of hydrogen-bond donors (Lipinski definition) is 3. The molecule has 2 atom stereocenters. The monoisotopic (exact) mass is 366 g/mol. The molecule has 6 nitrogen and oxygen atoms in total. The molecule has 0 amide bonds. The van der Waals surface area contributed by atoms with Crippen LogP contribution < -0.4 is 5.73 Å². The summed E-state index contributed by atoms with van der Waals surface area (Å²) in [6.07, 6.45) is 5.73. The Morgan fingerprint density at radius 1 is 0.929 bits per heavy atom. The van der Waals surface area contributed by atoms with E-state index in [4.69, 9.17) is 10.7 Å². The smallest absolute Gasteiger partial charge is 0.153 e. The first-order chi connectivity index (χ1) is 13.8. The Hall–Kier alpha value is -3.41. The van der Waals surface area contributed by atoms with Crippen LogP contribution in [0.4, 0.5) is 5.82 Å². The van der Waals surface area contributed by atoms with Crippen LogP contribution in [0.1, 0.15) is 42.2 Å². The van der Waals surface area contributed by atoms with E-state index in [9.17, 15) is 0 Å². The molecule has 3 aromatic heterocycles. The van der Waals surface area contributed by atoms with Crippen molar-refractivity contribution >= 4 is 38.5 Å². The van der Waals surface area contributed by atoms with Crippen LogP contribution in [0.2, 0.25) is 0 Å². The van der Waals surface area contributed by atoms with Gasteiger partial charge in [0.2, 0.25) is 0 Å². The van der Waals surface area contributed by atoms with E-state index in [0.29, 0.717) is 17.7 Å². The zero-order valence-electron chi connectivity index (χ0n) is 15.2. The second kappa shape index (κ2) is 4.90. The number of nitrogens with one attached hydrogen (secondary N) is 2. The van der Waals surface area contributed by atoms with Crippen molar-refractivity contribution in [2.24, 2.45) is 0 Å². The SMILES string of the molecule is Nc1n[nH]c2ccc(-c3nc4ccc5[nH]ncc5c4c4c3[C@@H]3CC[C@@H]4C3)cc12. The van der Waals surface area contributed by atoms with Gasteiger partial charge in [-0.3, -0.25) is 10.2 Å². The lowest BCUT2D eigenvalue weighted by atomic mass is 9.85. The van der Waals surface area contributed by atoms with Crippen molar-refractivity contribution in [1.82, 2.24) is 25.4 Å². The number of anilines is 1. The molecule has 5 aromatic rings. The summed E-state index contributed by atoms with van der Waals surface area (Å²) in [6, 6.07) is 10.5. The average Bonchev–Trinajstić information content (AvgIpc) is 3.51. The molecule has 0 radical (unpaired) electrons. The van der Waals surface area contributed by atoms with E-state index in [-0.39, 0.29) is 0 Å². The van der Waals surface area contributed by atoms with Gasteiger partial charge in [0.25, 0.3) is 0 Å². The quantitative estimate of drug-likeness (QED) is 0.404. The standard InChI is InChI=1S/C22H18N6/c23-22-13-8-12(3-4-15(13)27-28-22)21-19-11-2-1-10(7-11)18(19)20-14-9-24-26-16(14)5-6-17(20)25-21/h3-6,8-11H,1-2,7H2,(H,24,26)(H3,23,27,28)/t10-,11-/m1/s1. The molecule has 2 aliphatic rings. The van der Waals surface area contributed by atoms with E-state index < -0.39 is 0 Å². The van der Waals surface area contributed by atoms with Crippen LogP contribution in [0.3, 0.4) is 0 Å². The lowest BCUT2D eigenvalue weighted by Gasteiger charge is -2.21. The van der Waals surface area contributed by atoms with Crippen molar-refractivity contribution in [2.75, 3.05) is 5.73 Å². The summed E-state index contributed by atoms with van der Waals surface area (Å²) in [5.41, 5.74) is 14.3. The van der Waals surface area contributed by atoms with E-state index in [1.807, 2.05) is 6.20 Å². The Morgan fingerprint density at radius 2 is 1.75 bits per heavy atom. The Morgan fingerprint density at radius 3 is 2.68 bits per heavy atom. The second-order valence-corrected chi connectivity index (χ2v) is 8.15. The number of aromatic amines is 2. The Bertz CT molecular complexity index is 1430. The third-order valence-corrected chi connectivity index (χ3v) is 6.76. The molecule has 0 aliphatic heterocycles. The highest BCUT2D eigenvalue weighted by molar-refractivity contribution is 6.08. The maximum Gasteiger partial charge on any atom is 0.153 e. The summed E-state index contributed by atoms with van der Waals surface area (Å²) in [4.78, 5) is 5.17. The van der Waals surface area contributed by atoms with E-state index in [1.54, 1.807) is 0 Å². The van der Waals surface area contributed by atoms with Crippen molar-refractivity contribution < 1.29 is 0 Å². The third-order valence-electron chi connectivity index (χ3n) is 6.76. The minimum atomic E-state index is 0.538. The predicted octanol–water partition coefficient (Wildman–Crippen LogP) is 4.60. The number of benzene rings is 2. The summed E-state index contributed by atoms with van der Waals surface area (Å²) < 4.78 is 0. The van der Waals surface area contributed by atoms with Gasteiger partial charge in [0.1, 0.15) is 0 Å². The fraction of sp³-hybridized carbons (Fsp3) is 0.227. The highest BCUT2D eigenvalue weighted by Crippen LogP contribution is 2.57. The Kier molecular flexibility index (Phi) is 2.56. The first kappa shape index (κ1) is 14.6. The van der Waals surface area contributed by atoms with Crippen LogP contribution in [0.15, 0.2) is 36.5 Å². The molecule has 136 valence electrons. The number of rotatable bonds is 1. The van der Waals surface area contributed by atoms with E-state index in [2.05, 4.69) is 50.7 Å². The van der Waals surface area contributed by atoms with Crippen LogP contribution in [0.5, 0.6) is 0 Å². The van der Waals surface area contributed by atoms with Crippen LogP contribution in [0.25, 0.3) is 44.0 Å². The second-order valence-electron chi connectivity index (χ2n) is 8.15. The highest BCUT2D eigenvalue weighted by Gasteiger charge is 2.41. The maximum atomic E-state index is 6.06. The molecule has 6 heteroatoms. The number of fused-ring (bicyclic) bond motifs is 10. The number of nitrogens with zero attached hydrogens (tertiary/aromatic N) is 3. The number of aromatic nitrogens is 5. The molecule has 2 bridgehead atoms. The number of hydrogen-bond acceptors (Lipinski definition) is 4. The minimum absolute atomic E-state index is 0.538. The summed E-state index contributed by atoms with van der Waals surface area (Å²) in [5, 5.41) is 18.0. The lowest BCUT2D eigenvalue weighted by Crippen LogP contribution is -2.04. The van der Waals surface area contributed by atoms with Crippen LogP contribution >= 0.6 is 0 Å². The van der Waals surface area contributed by atoms with E-state index in [1.165, 1.54) is 41.2 Å². The summed E-state index contributed by atoms with van der Waals surface area (Å²) in [7, 11) is 0. The lowest BCUT2D eigenvalue weighted by molar-refractivity contribution is 0.721. The molecule has 0 unspecified atom stereocenters. The van der Waals surface area contributed by atoms with Crippen LogP contribution in [-0.4, -0.2) is 25.4 Å². The number of pyridine rings is 1. The molecule has 1 fully saturated rings. The molecular weight excluding hydrogens is 348 g/mol. The largest absolute Gasteiger partial charge is 0.382 e. The molecule has 7 rings (SSSR count). The van der Waals surface area contributed by atoms with Gasteiger partial charge < -0.3 is 5.73 Å². The van der Waals surface area contributed by atoms with Crippen molar-refractivity contribution in [3.63, 3.8) is 0 Å². The molecule has 2 aliphatic carbocycles. The summed E-state index contributed by atoms with van der Waals surface area (Å²) in [5.74, 6) is 1.77. The molecule has 0 saturated heterocycles. The fourth-order valence-electron chi connectivity index (χ4n) is 5.57. The maximum absolute atomic E-state index is 6.06. The van der Waals surface area contributed by atoms with Crippen LogP contribution in [-0.2, 0) is 0 Å². The van der Waals surface area contributed by atoms with Gasteiger partial charge in [-0.05, 0) is 66.5 Å². The third kappa shape index (κ3) is 1.70. The Balaban J connectivity index is 1.61. The molecule has 28 heavy (non-hydrogen) atoms. The van der Waals surface area contributed by atoms with Crippen molar-refractivity contribution in [2.45, 2.75) is 31.1 Å². The normalized spacial score (nSPS) is 20.6. The molecular formula is C22H18N6. The molecule has 1 saturated carbocycles. The first-order valence-corrected chi connectivity index (χ1v) is 9.81. The molecule has 3 heterocycles. The molecule has 4 N–H and O–H groups in total. The number of nitrogen functional groups attached to an aromatic ring is 1. The highest BCUT2D eigenvalue weighted by atomic mass is 15.1. The van der Waals surface area contributed by atoms with Gasteiger partial charge in [0.15, 0.2) is 5.82 Å². The number of H-pyrrole nitrogens is 2. The zero-order chi connectivity index (χ0) is 18.4. The van der Waals surface area contributed by atoms with Gasteiger partial charge in [0, 0.05) is 21.7 Å². The number of nitrogens with two attached hydrogens (primary N) is 1. The van der Waals surface area contributed by atoms with Gasteiger partial charge in [-0.25, -0.2) is 4.98 Å². The van der Waals surface area contributed by atoms with Crippen molar-refractivity contribution in [3.05, 3.63) is 47.7 Å². The molecule has 0 spiro atoms. The predicted molar refractivity (Wildman–Crippen MR) is 110 cm³/mol. The topological polar surface area (TPSA) is 96.3 Å². The van der Waals surface area contributed by atoms with E-state index >= 15 is 0 Å². The van der Waals surface area contributed by atoms with Gasteiger partial charge in [-0.15, -0.1) is 0 Å². The minimum Gasteiger partial charge on any atom is -0.382 e. The fourth-order valence-corrected chi connectivity index (χ4v) is 5.57. The van der Waals surface area contributed by atoms with Gasteiger partial charge >= 0.3 is 0 Å². The summed E-state index contributed by atoms with van der Waals surface area (Å²) in [6.45, 7) is 0. The Labute approximate surface area is 160 Å². The molecule has 2 aromatic carbocycles. The summed E-state index contributed by atoms with van der Waals surface area (Å²) >= 11 is 0. The van der Waals surface area contributed by atoms with Crippen molar-refractivity contribution in [1.29, 1.82) is 0 Å². The average molecular weight is 366 g/mol. The first-order valence-electron chi connectivity index (χ1n) is 9.81. The van der Waals surface area contributed by atoms with Crippen LogP contribution in [0, 0.1) is 0 Å². The van der Waals surface area contributed by atoms with Gasteiger partial charge in [0.05, 0.1) is 28.4 Å². The van der Waals surface area contributed by atoms with Gasteiger partial charge in [-0.1, -0.05) is 6.07 Å². The van der Waals surface area contributed by atoms with Crippen molar-refractivity contribution in [3.8, 4) is 11.3 Å².